The van der Waals surface area contributed by atoms with Gasteiger partial charge in [0.15, 0.2) is 0 Å². The van der Waals surface area contributed by atoms with Crippen LogP contribution in [0.4, 0.5) is 0 Å². The summed E-state index contributed by atoms with van der Waals surface area (Å²) in [5.41, 5.74) is 5.79. The first-order valence-electron chi connectivity index (χ1n) is 7.53. The Morgan fingerprint density at radius 1 is 0.773 bits per heavy atom. The quantitative estimate of drug-likeness (QED) is 0.575. The summed E-state index contributed by atoms with van der Waals surface area (Å²) in [4.78, 5) is 4.92. The van der Waals surface area contributed by atoms with Crippen molar-refractivity contribution in [3.63, 3.8) is 0 Å². The molecule has 1 heteroatoms. The van der Waals surface area contributed by atoms with Crippen LogP contribution in [0.3, 0.4) is 0 Å². The van der Waals surface area contributed by atoms with Crippen LogP contribution in [0.1, 0.15) is 11.1 Å². The van der Waals surface area contributed by atoms with Gasteiger partial charge in [-0.2, -0.15) is 0 Å². The van der Waals surface area contributed by atoms with E-state index >= 15 is 0 Å². The molecule has 0 atom stereocenters. The maximum Gasteiger partial charge on any atom is 0.0747 e. The number of nitrogens with zero attached hydrogens (tertiary/aromatic N) is 1. The van der Waals surface area contributed by atoms with Gasteiger partial charge in [-0.05, 0) is 30.0 Å². The van der Waals surface area contributed by atoms with E-state index in [0.717, 1.165) is 29.6 Å². The topological polar surface area (TPSA) is 12.9 Å². The fourth-order valence-corrected chi connectivity index (χ4v) is 2.90. The van der Waals surface area contributed by atoms with Crippen molar-refractivity contribution < 1.29 is 0 Å². The van der Waals surface area contributed by atoms with Crippen LogP contribution >= 0.6 is 0 Å². The molecule has 0 amide bonds. The highest BCUT2D eigenvalue weighted by Crippen LogP contribution is 2.31. The third-order valence-electron chi connectivity index (χ3n) is 3.86. The molecule has 0 saturated carbocycles. The van der Waals surface area contributed by atoms with Crippen molar-refractivity contribution in [3.05, 3.63) is 91.0 Å². The van der Waals surface area contributed by atoms with Gasteiger partial charge < -0.3 is 0 Å². The standard InChI is InChI=1S/C21H19N/c1-3-10-17-18-14-8-9-15-20(18)22-21(19(17)11-4-2)16-12-6-5-7-13-16/h3-9,12-15H,1-2,10-11H2. The molecule has 0 aliphatic heterocycles. The monoisotopic (exact) mass is 285 g/mol. The lowest BCUT2D eigenvalue weighted by atomic mass is 9.93. The van der Waals surface area contributed by atoms with E-state index in [4.69, 9.17) is 4.98 Å². The molecule has 1 aromatic heterocycles. The largest absolute Gasteiger partial charge is 0.247 e. The van der Waals surface area contributed by atoms with Crippen molar-refractivity contribution in [1.29, 1.82) is 0 Å². The Hall–Kier alpha value is -2.67. The number of benzene rings is 2. The van der Waals surface area contributed by atoms with Gasteiger partial charge in [0.2, 0.25) is 0 Å². The van der Waals surface area contributed by atoms with E-state index in [1.54, 1.807) is 0 Å². The molecule has 0 spiro atoms. The fourth-order valence-electron chi connectivity index (χ4n) is 2.90. The molecule has 2 aromatic carbocycles. The number of hydrogen-bond acceptors (Lipinski definition) is 1. The summed E-state index contributed by atoms with van der Waals surface area (Å²) in [5.74, 6) is 0. The highest BCUT2D eigenvalue weighted by atomic mass is 14.7. The summed E-state index contributed by atoms with van der Waals surface area (Å²) in [7, 11) is 0. The summed E-state index contributed by atoms with van der Waals surface area (Å²) in [6.07, 6.45) is 5.56. The number of rotatable bonds is 5. The maximum atomic E-state index is 4.92. The summed E-state index contributed by atoms with van der Waals surface area (Å²) in [5, 5.41) is 1.21. The SMILES string of the molecule is C=CCc1c(-c2ccccc2)nc2ccccc2c1CC=C. The molecule has 108 valence electrons. The van der Waals surface area contributed by atoms with E-state index in [9.17, 15) is 0 Å². The number of hydrogen-bond donors (Lipinski definition) is 0. The third kappa shape index (κ3) is 2.58. The van der Waals surface area contributed by atoms with Crippen LogP contribution in [0, 0.1) is 0 Å². The minimum Gasteiger partial charge on any atom is -0.247 e. The van der Waals surface area contributed by atoms with E-state index in [1.807, 2.05) is 24.3 Å². The lowest BCUT2D eigenvalue weighted by Gasteiger charge is -2.15. The number of pyridine rings is 1. The number of aromatic nitrogens is 1. The second-order valence-electron chi connectivity index (χ2n) is 5.29. The molecular weight excluding hydrogens is 266 g/mol. The van der Waals surface area contributed by atoms with Crippen LogP contribution < -0.4 is 0 Å². The van der Waals surface area contributed by atoms with Crippen molar-refractivity contribution in [2.24, 2.45) is 0 Å². The van der Waals surface area contributed by atoms with Crippen LogP contribution in [-0.4, -0.2) is 4.98 Å². The predicted octanol–water partition coefficient (Wildman–Crippen LogP) is 5.36. The molecule has 0 aliphatic carbocycles. The van der Waals surface area contributed by atoms with E-state index in [0.29, 0.717) is 0 Å². The van der Waals surface area contributed by atoms with Gasteiger partial charge >= 0.3 is 0 Å². The van der Waals surface area contributed by atoms with Crippen LogP contribution in [0.5, 0.6) is 0 Å². The van der Waals surface area contributed by atoms with E-state index < -0.39 is 0 Å². The summed E-state index contributed by atoms with van der Waals surface area (Å²) in [6.45, 7) is 7.84. The molecule has 0 fully saturated rings. The highest BCUT2D eigenvalue weighted by molar-refractivity contribution is 5.87. The summed E-state index contributed by atoms with van der Waals surface area (Å²) in [6, 6.07) is 18.7. The zero-order valence-corrected chi connectivity index (χ0v) is 12.6. The number of para-hydroxylation sites is 1. The average molecular weight is 285 g/mol. The van der Waals surface area contributed by atoms with Gasteiger partial charge in [0.05, 0.1) is 11.2 Å². The van der Waals surface area contributed by atoms with Crippen LogP contribution in [-0.2, 0) is 12.8 Å². The average Bonchev–Trinajstić information content (AvgIpc) is 2.57. The smallest absolute Gasteiger partial charge is 0.0747 e. The Morgan fingerprint density at radius 2 is 1.41 bits per heavy atom. The van der Waals surface area contributed by atoms with Gasteiger partial charge in [0, 0.05) is 10.9 Å². The van der Waals surface area contributed by atoms with Crippen molar-refractivity contribution in [3.8, 4) is 11.3 Å². The Labute approximate surface area is 131 Å². The van der Waals surface area contributed by atoms with Crippen LogP contribution in [0.2, 0.25) is 0 Å². The van der Waals surface area contributed by atoms with Crippen molar-refractivity contribution in [2.75, 3.05) is 0 Å². The zero-order valence-electron chi connectivity index (χ0n) is 12.6. The second-order valence-corrected chi connectivity index (χ2v) is 5.29. The molecular formula is C21H19N. The first-order valence-corrected chi connectivity index (χ1v) is 7.53. The lowest BCUT2D eigenvalue weighted by Crippen LogP contribution is -2.01. The van der Waals surface area contributed by atoms with E-state index in [-0.39, 0.29) is 0 Å². The molecule has 0 bridgehead atoms. The van der Waals surface area contributed by atoms with Gasteiger partial charge in [0.1, 0.15) is 0 Å². The summed E-state index contributed by atoms with van der Waals surface area (Å²) < 4.78 is 0. The zero-order chi connectivity index (χ0) is 15.4. The Morgan fingerprint density at radius 3 is 2.14 bits per heavy atom. The molecule has 0 saturated heterocycles. The Bertz CT molecular complexity index is 816. The molecule has 0 radical (unpaired) electrons. The fraction of sp³-hybridized carbons (Fsp3) is 0.0952. The second kappa shape index (κ2) is 6.40. The highest BCUT2D eigenvalue weighted by Gasteiger charge is 2.14. The number of allylic oxidation sites excluding steroid dienone is 2. The van der Waals surface area contributed by atoms with Crippen molar-refractivity contribution in [2.45, 2.75) is 12.8 Å². The predicted molar refractivity (Wildman–Crippen MR) is 95.0 cm³/mol. The molecule has 0 aliphatic rings. The van der Waals surface area contributed by atoms with Gasteiger partial charge in [0.25, 0.3) is 0 Å². The normalized spacial score (nSPS) is 10.5. The number of fused-ring (bicyclic) bond motifs is 1. The summed E-state index contributed by atoms with van der Waals surface area (Å²) >= 11 is 0. The van der Waals surface area contributed by atoms with Gasteiger partial charge in [-0.3, -0.25) is 0 Å². The van der Waals surface area contributed by atoms with Gasteiger partial charge in [-0.25, -0.2) is 4.98 Å². The minimum atomic E-state index is 0.811. The molecule has 0 unspecified atom stereocenters. The van der Waals surface area contributed by atoms with Crippen LogP contribution in [0.15, 0.2) is 79.9 Å². The van der Waals surface area contributed by atoms with Crippen molar-refractivity contribution in [1.82, 2.24) is 4.98 Å². The van der Waals surface area contributed by atoms with E-state index in [2.05, 4.69) is 55.6 Å². The van der Waals surface area contributed by atoms with Gasteiger partial charge in [-0.1, -0.05) is 60.7 Å². The molecule has 0 N–H and O–H groups in total. The van der Waals surface area contributed by atoms with Crippen molar-refractivity contribution >= 4 is 10.9 Å². The minimum absolute atomic E-state index is 0.811. The van der Waals surface area contributed by atoms with E-state index in [1.165, 1.54) is 16.5 Å². The molecule has 1 heterocycles. The first-order chi connectivity index (χ1) is 10.8. The molecule has 3 rings (SSSR count). The molecule has 22 heavy (non-hydrogen) atoms. The maximum absolute atomic E-state index is 4.92. The Kier molecular flexibility index (Phi) is 4.15. The van der Waals surface area contributed by atoms with Crippen LogP contribution in [0.25, 0.3) is 22.2 Å². The Balaban J connectivity index is 2.37. The molecule has 3 aromatic rings. The third-order valence-corrected chi connectivity index (χ3v) is 3.86. The lowest BCUT2D eigenvalue weighted by molar-refractivity contribution is 1.14. The first kappa shape index (κ1) is 14.3. The molecule has 1 nitrogen and oxygen atoms in total. The van der Waals surface area contributed by atoms with Gasteiger partial charge in [-0.15, -0.1) is 13.2 Å².